The summed E-state index contributed by atoms with van der Waals surface area (Å²) in [5.41, 5.74) is 3.15. The maximum Gasteiger partial charge on any atom is 0.238 e. The molecule has 2 aliphatic rings. The first-order valence-electron chi connectivity index (χ1n) is 11.4. The van der Waals surface area contributed by atoms with Crippen molar-refractivity contribution >= 4 is 62.1 Å². The molecule has 188 valence electrons. The van der Waals surface area contributed by atoms with E-state index in [4.69, 9.17) is 29.0 Å². The molecule has 0 saturated heterocycles. The summed E-state index contributed by atoms with van der Waals surface area (Å²) < 4.78 is 23.7. The number of allylic oxidation sites excluding steroid dienone is 2. The molecule has 1 atom stereocenters. The normalized spacial score (nSPS) is 18.6. The molecule has 0 bridgehead atoms. The number of benzene rings is 2. The van der Waals surface area contributed by atoms with Gasteiger partial charge in [0.15, 0.2) is 11.6 Å². The highest BCUT2D eigenvalue weighted by atomic mass is 35.5. The number of fused-ring (bicyclic) bond motifs is 1. The molecule has 0 spiro atoms. The Balaban J connectivity index is 1.85. The molecule has 0 fully saturated rings. The average molecular weight is 552 g/mol. The standard InChI is InChI=1S/C26H22ClN5O3S2/c1-26(2)11-19-22(20(33)12-26)21(15-3-5-16(27)6-4-15)23-24(31-14-36)29-13-30-25(23)32(19)17-7-9-18(10-8-17)37(28,34)35/h3-10,13,21H,11-12H2,1-2H3,(H2,28,34,35). The second-order valence-electron chi connectivity index (χ2n) is 9.80. The number of carbonyl (C=O) groups is 1. The van der Waals surface area contributed by atoms with Crippen LogP contribution in [0.3, 0.4) is 0 Å². The number of aromatic nitrogens is 2. The lowest BCUT2D eigenvalue weighted by molar-refractivity contribution is -0.118. The second kappa shape index (κ2) is 9.24. The molecule has 1 aliphatic carbocycles. The highest BCUT2D eigenvalue weighted by Crippen LogP contribution is 2.54. The topological polar surface area (TPSA) is 119 Å². The number of nitrogens with two attached hydrogens (primary N) is 1. The van der Waals surface area contributed by atoms with Crippen molar-refractivity contribution in [3.05, 3.63) is 82.3 Å². The Morgan fingerprint density at radius 3 is 2.41 bits per heavy atom. The Morgan fingerprint density at radius 2 is 1.78 bits per heavy atom. The molecule has 11 heteroatoms. The van der Waals surface area contributed by atoms with Gasteiger partial charge < -0.3 is 0 Å². The zero-order valence-electron chi connectivity index (χ0n) is 20.0. The van der Waals surface area contributed by atoms with Gasteiger partial charge in [0.2, 0.25) is 10.0 Å². The van der Waals surface area contributed by atoms with Gasteiger partial charge in [-0.3, -0.25) is 9.69 Å². The molecule has 3 aromatic rings. The van der Waals surface area contributed by atoms with Gasteiger partial charge in [-0.1, -0.05) is 37.6 Å². The van der Waals surface area contributed by atoms with E-state index in [1.807, 2.05) is 30.9 Å². The van der Waals surface area contributed by atoms with E-state index in [0.29, 0.717) is 46.3 Å². The third-order valence-electron chi connectivity index (χ3n) is 6.58. The van der Waals surface area contributed by atoms with E-state index in [0.717, 1.165) is 11.3 Å². The highest BCUT2D eigenvalue weighted by Gasteiger charge is 2.45. The van der Waals surface area contributed by atoms with Gasteiger partial charge in [0.25, 0.3) is 0 Å². The lowest BCUT2D eigenvalue weighted by Crippen LogP contribution is -2.38. The Kier molecular flexibility index (Phi) is 6.34. The van der Waals surface area contributed by atoms with E-state index >= 15 is 0 Å². The maximum atomic E-state index is 13.8. The third-order valence-corrected chi connectivity index (χ3v) is 7.85. The van der Waals surface area contributed by atoms with E-state index in [1.165, 1.54) is 18.5 Å². The lowest BCUT2D eigenvalue weighted by Gasteiger charge is -2.44. The van der Waals surface area contributed by atoms with Crippen LogP contribution in [0.15, 0.2) is 76.0 Å². The Morgan fingerprint density at radius 1 is 1.11 bits per heavy atom. The summed E-state index contributed by atoms with van der Waals surface area (Å²) in [5, 5.41) is 8.27. The number of anilines is 2. The minimum atomic E-state index is -3.88. The van der Waals surface area contributed by atoms with Crippen molar-refractivity contribution in [2.45, 2.75) is 37.5 Å². The molecule has 0 radical (unpaired) electrons. The summed E-state index contributed by atoms with van der Waals surface area (Å²) in [6, 6.07) is 13.5. The summed E-state index contributed by atoms with van der Waals surface area (Å²) in [4.78, 5) is 28.9. The third kappa shape index (κ3) is 4.63. The average Bonchev–Trinajstić information content (AvgIpc) is 2.82. The molecule has 2 heterocycles. The van der Waals surface area contributed by atoms with Crippen LogP contribution in [-0.4, -0.2) is 29.3 Å². The van der Waals surface area contributed by atoms with Gasteiger partial charge in [-0.25, -0.2) is 23.5 Å². The van der Waals surface area contributed by atoms with Gasteiger partial charge in [-0.05, 0) is 66.0 Å². The number of halogens is 1. The lowest BCUT2D eigenvalue weighted by atomic mass is 9.68. The minimum absolute atomic E-state index is 0.00384. The van der Waals surface area contributed by atoms with Crippen molar-refractivity contribution in [1.29, 1.82) is 0 Å². The van der Waals surface area contributed by atoms with Crippen molar-refractivity contribution < 1.29 is 13.2 Å². The number of aliphatic imine (C=N–C) groups is 1. The van der Waals surface area contributed by atoms with Gasteiger partial charge >= 0.3 is 0 Å². The van der Waals surface area contributed by atoms with Crippen LogP contribution in [-0.2, 0) is 14.8 Å². The number of Topliss-reactive ketones (excluding diaryl/α,β-unsaturated/α-hetero) is 1. The van der Waals surface area contributed by atoms with Gasteiger partial charge in [0.1, 0.15) is 12.1 Å². The van der Waals surface area contributed by atoms with Crippen LogP contribution in [0.1, 0.15) is 43.7 Å². The number of hydrogen-bond acceptors (Lipinski definition) is 8. The van der Waals surface area contributed by atoms with Crippen molar-refractivity contribution in [1.82, 2.24) is 9.97 Å². The zero-order valence-corrected chi connectivity index (χ0v) is 22.4. The smallest absolute Gasteiger partial charge is 0.238 e. The van der Waals surface area contributed by atoms with Gasteiger partial charge in [-0.2, -0.15) is 4.99 Å². The largest absolute Gasteiger partial charge is 0.298 e. The fourth-order valence-corrected chi connectivity index (χ4v) is 5.83. The zero-order chi connectivity index (χ0) is 26.5. The molecule has 1 aromatic heterocycles. The Hall–Kier alpha value is -3.27. The van der Waals surface area contributed by atoms with E-state index in [1.54, 1.807) is 24.3 Å². The summed E-state index contributed by atoms with van der Waals surface area (Å²) in [6.45, 7) is 4.09. The molecular weight excluding hydrogens is 530 g/mol. The summed E-state index contributed by atoms with van der Waals surface area (Å²) in [7, 11) is -3.88. The van der Waals surface area contributed by atoms with E-state index in [-0.39, 0.29) is 16.1 Å². The molecule has 37 heavy (non-hydrogen) atoms. The minimum Gasteiger partial charge on any atom is -0.298 e. The Labute approximate surface area is 225 Å². The summed E-state index contributed by atoms with van der Waals surface area (Å²) in [6.07, 6.45) is 2.34. The maximum absolute atomic E-state index is 13.8. The highest BCUT2D eigenvalue weighted by molar-refractivity contribution is 7.89. The quantitative estimate of drug-likeness (QED) is 0.339. The molecular formula is C26H22ClN5O3S2. The number of hydrogen-bond donors (Lipinski definition) is 1. The van der Waals surface area contributed by atoms with Gasteiger partial charge in [0.05, 0.1) is 15.6 Å². The van der Waals surface area contributed by atoms with Crippen LogP contribution in [0.25, 0.3) is 0 Å². The van der Waals surface area contributed by atoms with Crippen LogP contribution in [0, 0.1) is 5.41 Å². The predicted octanol–water partition coefficient (Wildman–Crippen LogP) is 5.44. The van der Waals surface area contributed by atoms with Crippen molar-refractivity contribution in [2.24, 2.45) is 15.5 Å². The van der Waals surface area contributed by atoms with E-state index in [2.05, 4.69) is 20.1 Å². The fourth-order valence-electron chi connectivity index (χ4n) is 5.10. The number of ketones is 1. The summed E-state index contributed by atoms with van der Waals surface area (Å²) in [5.74, 6) is 0.320. The molecule has 2 N–H and O–H groups in total. The van der Waals surface area contributed by atoms with Crippen LogP contribution < -0.4 is 10.0 Å². The van der Waals surface area contributed by atoms with Crippen LogP contribution >= 0.6 is 23.8 Å². The van der Waals surface area contributed by atoms with Crippen LogP contribution in [0.2, 0.25) is 5.02 Å². The van der Waals surface area contributed by atoms with Crippen LogP contribution in [0.4, 0.5) is 17.3 Å². The Bertz CT molecular complexity index is 1610. The number of isothiocyanates is 1. The second-order valence-corrected chi connectivity index (χ2v) is 12.0. The van der Waals surface area contributed by atoms with Gasteiger partial charge in [-0.15, -0.1) is 0 Å². The first-order chi connectivity index (χ1) is 17.5. The van der Waals surface area contributed by atoms with Crippen molar-refractivity contribution in [3.8, 4) is 0 Å². The number of primary sulfonamides is 1. The van der Waals surface area contributed by atoms with E-state index < -0.39 is 15.9 Å². The molecule has 2 aromatic carbocycles. The first kappa shape index (κ1) is 25.4. The van der Waals surface area contributed by atoms with Gasteiger partial charge in [0, 0.05) is 34.3 Å². The number of nitrogens with zero attached hydrogens (tertiary/aromatic N) is 4. The predicted molar refractivity (Wildman–Crippen MR) is 145 cm³/mol. The fraction of sp³-hybridized carbons (Fsp3) is 0.231. The monoisotopic (exact) mass is 551 g/mol. The SMILES string of the molecule is CC1(C)CC(=O)C2=C(C1)N(c1ccc(S(N)(=O)=O)cc1)c1ncnc(N=C=S)c1C2c1ccc(Cl)cc1. The first-order valence-corrected chi connectivity index (χ1v) is 13.7. The number of thiocarbonyl (C=S) groups is 1. The molecule has 1 aliphatic heterocycles. The molecule has 5 rings (SSSR count). The number of carbonyl (C=O) groups excluding carboxylic acids is 1. The summed E-state index contributed by atoms with van der Waals surface area (Å²) >= 11 is 11.1. The molecule has 0 saturated carbocycles. The van der Waals surface area contributed by atoms with Crippen molar-refractivity contribution in [2.75, 3.05) is 4.90 Å². The van der Waals surface area contributed by atoms with Crippen LogP contribution in [0.5, 0.6) is 0 Å². The molecule has 0 amide bonds. The molecule has 1 unspecified atom stereocenters. The van der Waals surface area contributed by atoms with E-state index in [9.17, 15) is 13.2 Å². The van der Waals surface area contributed by atoms with Crippen molar-refractivity contribution in [3.63, 3.8) is 0 Å². The molecule has 8 nitrogen and oxygen atoms in total. The number of rotatable bonds is 4. The number of sulfonamides is 1.